The van der Waals surface area contributed by atoms with Crippen LogP contribution in [0.5, 0.6) is 0 Å². The SMILES string of the molecule is CCOC(=O)/C=C/C(CC(C)C)NC(=O)C(CC(C)C)NC(=O)C(CC(C)C)NC(=O)OCc1ccccc1. The first-order valence-electron chi connectivity index (χ1n) is 13.8. The van der Waals surface area contributed by atoms with Gasteiger partial charge in [0.25, 0.3) is 0 Å². The number of ether oxygens (including phenoxy) is 2. The van der Waals surface area contributed by atoms with Gasteiger partial charge in [0, 0.05) is 12.1 Å². The largest absolute Gasteiger partial charge is 0.463 e. The predicted molar refractivity (Wildman–Crippen MR) is 152 cm³/mol. The number of hydrogen-bond acceptors (Lipinski definition) is 6. The summed E-state index contributed by atoms with van der Waals surface area (Å²) in [5, 5.41) is 8.46. The second kappa shape index (κ2) is 18.0. The molecule has 0 aliphatic heterocycles. The van der Waals surface area contributed by atoms with E-state index < -0.39 is 36.1 Å². The maximum atomic E-state index is 13.3. The first-order chi connectivity index (χ1) is 18.4. The standard InChI is InChI=1S/C30H47N3O6/c1-8-38-27(34)15-14-24(16-20(2)3)31-28(35)25(17-21(4)5)32-29(36)26(18-22(6)7)33-30(37)39-19-23-12-10-9-11-13-23/h9-15,20-22,24-26H,8,16-19H2,1-7H3,(H,31,35)(H,32,36)(H,33,37)/b15-14+. The average Bonchev–Trinajstić information content (AvgIpc) is 2.85. The van der Waals surface area contributed by atoms with E-state index in [2.05, 4.69) is 16.0 Å². The highest BCUT2D eigenvalue weighted by molar-refractivity contribution is 5.91. The van der Waals surface area contributed by atoms with Crippen LogP contribution in [0.2, 0.25) is 0 Å². The molecule has 0 saturated heterocycles. The maximum absolute atomic E-state index is 13.3. The zero-order chi connectivity index (χ0) is 29.4. The molecule has 0 spiro atoms. The quantitative estimate of drug-likeness (QED) is 0.208. The van der Waals surface area contributed by atoms with Crippen LogP contribution < -0.4 is 16.0 Å². The van der Waals surface area contributed by atoms with Gasteiger partial charge in [0.2, 0.25) is 11.8 Å². The van der Waals surface area contributed by atoms with Crippen LogP contribution >= 0.6 is 0 Å². The van der Waals surface area contributed by atoms with E-state index in [0.29, 0.717) is 19.3 Å². The number of alkyl carbamates (subject to hydrolysis) is 1. The number of rotatable bonds is 16. The molecule has 3 N–H and O–H groups in total. The molecule has 3 unspecified atom stereocenters. The molecule has 39 heavy (non-hydrogen) atoms. The lowest BCUT2D eigenvalue weighted by Crippen LogP contribution is -2.55. The van der Waals surface area contributed by atoms with E-state index in [9.17, 15) is 19.2 Å². The third kappa shape index (κ3) is 15.0. The first kappa shape index (κ1) is 33.7. The van der Waals surface area contributed by atoms with E-state index in [0.717, 1.165) is 5.56 Å². The van der Waals surface area contributed by atoms with Gasteiger partial charge < -0.3 is 25.4 Å². The van der Waals surface area contributed by atoms with Crippen molar-refractivity contribution in [2.24, 2.45) is 17.8 Å². The van der Waals surface area contributed by atoms with E-state index in [1.807, 2.05) is 71.9 Å². The molecular formula is C30H47N3O6. The molecule has 0 bridgehead atoms. The molecule has 0 saturated carbocycles. The molecule has 0 fully saturated rings. The summed E-state index contributed by atoms with van der Waals surface area (Å²) in [6.45, 7) is 13.9. The lowest BCUT2D eigenvalue weighted by molar-refractivity contribution is -0.137. The predicted octanol–water partition coefficient (Wildman–Crippen LogP) is 4.51. The molecule has 9 nitrogen and oxygen atoms in total. The molecule has 3 atom stereocenters. The Balaban J connectivity index is 2.95. The van der Waals surface area contributed by atoms with Crippen LogP contribution in [0.4, 0.5) is 4.79 Å². The summed E-state index contributed by atoms with van der Waals surface area (Å²) in [6, 6.07) is 7.16. The third-order valence-corrected chi connectivity index (χ3v) is 5.67. The Hall–Kier alpha value is -3.36. The van der Waals surface area contributed by atoms with Crippen molar-refractivity contribution in [2.45, 2.75) is 92.5 Å². The molecule has 0 radical (unpaired) electrons. The molecule has 9 heteroatoms. The van der Waals surface area contributed by atoms with E-state index in [4.69, 9.17) is 9.47 Å². The van der Waals surface area contributed by atoms with Crippen molar-refractivity contribution in [1.82, 2.24) is 16.0 Å². The number of carbonyl (C=O) groups is 4. The summed E-state index contributed by atoms with van der Waals surface area (Å²) < 4.78 is 10.3. The Morgan fingerprint density at radius 1 is 0.744 bits per heavy atom. The average molecular weight is 546 g/mol. The van der Waals surface area contributed by atoms with Crippen LogP contribution in [-0.4, -0.2) is 48.6 Å². The van der Waals surface area contributed by atoms with Crippen molar-refractivity contribution in [3.63, 3.8) is 0 Å². The third-order valence-electron chi connectivity index (χ3n) is 5.67. The van der Waals surface area contributed by atoms with Crippen LogP contribution in [0.25, 0.3) is 0 Å². The lowest BCUT2D eigenvalue weighted by Gasteiger charge is -2.26. The van der Waals surface area contributed by atoms with Crippen LogP contribution in [0.3, 0.4) is 0 Å². The minimum absolute atomic E-state index is 0.0810. The molecule has 1 rings (SSSR count). The fourth-order valence-corrected chi connectivity index (χ4v) is 3.95. The van der Waals surface area contributed by atoms with Gasteiger partial charge in [-0.15, -0.1) is 0 Å². The van der Waals surface area contributed by atoms with Crippen LogP contribution in [-0.2, 0) is 30.5 Å². The second-order valence-corrected chi connectivity index (χ2v) is 10.9. The summed E-state index contributed by atoms with van der Waals surface area (Å²) in [4.78, 5) is 50.9. The van der Waals surface area contributed by atoms with E-state index in [1.54, 1.807) is 13.0 Å². The van der Waals surface area contributed by atoms with Crippen LogP contribution in [0.1, 0.15) is 73.3 Å². The first-order valence-corrected chi connectivity index (χ1v) is 13.8. The number of esters is 1. The summed E-state index contributed by atoms with van der Waals surface area (Å²) in [7, 11) is 0. The number of benzene rings is 1. The Labute approximate surface area is 233 Å². The molecule has 3 amide bonds. The van der Waals surface area contributed by atoms with Crippen LogP contribution in [0, 0.1) is 17.8 Å². The Kier molecular flexibility index (Phi) is 15.6. The molecule has 0 aromatic heterocycles. The zero-order valence-corrected chi connectivity index (χ0v) is 24.5. The van der Waals surface area contributed by atoms with Gasteiger partial charge in [-0.2, -0.15) is 0 Å². The smallest absolute Gasteiger partial charge is 0.408 e. The van der Waals surface area contributed by atoms with Gasteiger partial charge in [0.1, 0.15) is 18.7 Å². The monoisotopic (exact) mass is 545 g/mol. The summed E-state index contributed by atoms with van der Waals surface area (Å²) in [5.41, 5.74) is 0.833. The molecule has 1 aromatic rings. The van der Waals surface area contributed by atoms with Crippen molar-refractivity contribution in [1.29, 1.82) is 0 Å². The van der Waals surface area contributed by atoms with Gasteiger partial charge >= 0.3 is 12.1 Å². The van der Waals surface area contributed by atoms with Crippen molar-refractivity contribution in [3.8, 4) is 0 Å². The summed E-state index contributed by atoms with van der Waals surface area (Å²) in [6.07, 6.45) is 3.62. The topological polar surface area (TPSA) is 123 Å². The minimum Gasteiger partial charge on any atom is -0.463 e. The molecular weight excluding hydrogens is 498 g/mol. The number of carbonyl (C=O) groups excluding carboxylic acids is 4. The van der Waals surface area contributed by atoms with Crippen molar-refractivity contribution >= 4 is 23.9 Å². The van der Waals surface area contributed by atoms with Gasteiger partial charge in [-0.3, -0.25) is 9.59 Å². The number of nitrogens with one attached hydrogen (secondary N) is 3. The molecule has 0 aliphatic rings. The van der Waals surface area contributed by atoms with E-state index in [-0.39, 0.29) is 36.9 Å². The molecule has 0 aliphatic carbocycles. The number of amides is 3. The Bertz CT molecular complexity index is 930. The van der Waals surface area contributed by atoms with E-state index in [1.165, 1.54) is 6.08 Å². The van der Waals surface area contributed by atoms with Crippen molar-refractivity contribution in [2.75, 3.05) is 6.61 Å². The van der Waals surface area contributed by atoms with Gasteiger partial charge in [-0.05, 0) is 49.5 Å². The van der Waals surface area contributed by atoms with Gasteiger partial charge in [-0.1, -0.05) is 78.0 Å². The highest BCUT2D eigenvalue weighted by Gasteiger charge is 2.29. The summed E-state index contributed by atoms with van der Waals surface area (Å²) >= 11 is 0. The minimum atomic E-state index is -0.870. The highest BCUT2D eigenvalue weighted by Crippen LogP contribution is 2.12. The normalized spacial score (nSPS) is 13.7. The molecule has 218 valence electrons. The second-order valence-electron chi connectivity index (χ2n) is 10.9. The van der Waals surface area contributed by atoms with Crippen molar-refractivity contribution in [3.05, 3.63) is 48.0 Å². The maximum Gasteiger partial charge on any atom is 0.408 e. The van der Waals surface area contributed by atoms with E-state index >= 15 is 0 Å². The van der Waals surface area contributed by atoms with Crippen molar-refractivity contribution < 1.29 is 28.7 Å². The van der Waals surface area contributed by atoms with Crippen LogP contribution in [0.15, 0.2) is 42.5 Å². The molecule has 1 aromatic carbocycles. The van der Waals surface area contributed by atoms with Gasteiger partial charge in [0.05, 0.1) is 6.61 Å². The molecule has 0 heterocycles. The van der Waals surface area contributed by atoms with Gasteiger partial charge in [-0.25, -0.2) is 9.59 Å². The Morgan fingerprint density at radius 2 is 1.28 bits per heavy atom. The number of hydrogen-bond donors (Lipinski definition) is 3. The fraction of sp³-hybridized carbons (Fsp3) is 0.600. The summed E-state index contributed by atoms with van der Waals surface area (Å²) in [5.74, 6) is -0.811. The lowest BCUT2D eigenvalue weighted by atomic mass is 9.99. The zero-order valence-electron chi connectivity index (χ0n) is 24.5. The Morgan fingerprint density at radius 3 is 1.82 bits per heavy atom. The van der Waals surface area contributed by atoms with Gasteiger partial charge in [0.15, 0.2) is 0 Å². The fourth-order valence-electron chi connectivity index (χ4n) is 3.95. The highest BCUT2D eigenvalue weighted by atomic mass is 16.5.